The molecule has 0 unspecified atom stereocenters. The number of carbonyl (C=O) groups excluding carboxylic acids is 1. The van der Waals surface area contributed by atoms with Crippen molar-refractivity contribution in [2.24, 2.45) is 0 Å². The molecule has 0 radical (unpaired) electrons. The Kier molecular flexibility index (Phi) is 4.37. The molecule has 0 spiro atoms. The van der Waals surface area contributed by atoms with Gasteiger partial charge in [-0.25, -0.2) is 9.97 Å². The Hall–Kier alpha value is -3.19. The van der Waals surface area contributed by atoms with E-state index in [1.807, 2.05) is 53.1 Å². The SMILES string of the molecule is O=C(NCCc1c(-c2ccc(Cl)cc2)nc2ccccn12)c1nc[nH]n1. The van der Waals surface area contributed by atoms with Gasteiger partial charge in [-0.2, -0.15) is 0 Å². The highest BCUT2D eigenvalue weighted by molar-refractivity contribution is 6.30. The van der Waals surface area contributed by atoms with E-state index in [0.29, 0.717) is 18.0 Å². The van der Waals surface area contributed by atoms with Gasteiger partial charge in [-0.05, 0) is 24.3 Å². The van der Waals surface area contributed by atoms with E-state index >= 15 is 0 Å². The predicted molar refractivity (Wildman–Crippen MR) is 98.1 cm³/mol. The van der Waals surface area contributed by atoms with Gasteiger partial charge >= 0.3 is 0 Å². The molecule has 0 saturated heterocycles. The summed E-state index contributed by atoms with van der Waals surface area (Å²) in [6, 6.07) is 13.4. The standard InChI is InChI=1S/C18H15ClN6O/c19-13-6-4-12(5-7-13)16-14(25-10-2-1-3-15(25)23-16)8-9-20-18(26)17-21-11-22-24-17/h1-7,10-11H,8-9H2,(H,20,26)(H,21,22,24). The lowest BCUT2D eigenvalue weighted by molar-refractivity contribution is 0.0944. The third kappa shape index (κ3) is 3.16. The topological polar surface area (TPSA) is 88.0 Å². The maximum atomic E-state index is 12.0. The van der Waals surface area contributed by atoms with Crippen LogP contribution in [-0.4, -0.2) is 37.0 Å². The fourth-order valence-corrected chi connectivity index (χ4v) is 2.94. The van der Waals surface area contributed by atoms with Crippen LogP contribution in [0.4, 0.5) is 0 Å². The highest BCUT2D eigenvalue weighted by atomic mass is 35.5. The Balaban J connectivity index is 1.61. The number of nitrogens with one attached hydrogen (secondary N) is 2. The Morgan fingerprint density at radius 3 is 2.81 bits per heavy atom. The molecule has 0 bridgehead atoms. The van der Waals surface area contributed by atoms with Crippen LogP contribution in [0.1, 0.15) is 16.3 Å². The minimum absolute atomic E-state index is 0.126. The van der Waals surface area contributed by atoms with Gasteiger partial charge in [0.2, 0.25) is 5.82 Å². The monoisotopic (exact) mass is 366 g/mol. The number of hydrogen-bond donors (Lipinski definition) is 2. The Bertz CT molecular complexity index is 1040. The van der Waals surface area contributed by atoms with E-state index in [1.54, 1.807) is 0 Å². The third-order valence-electron chi connectivity index (χ3n) is 4.01. The Morgan fingerprint density at radius 1 is 1.19 bits per heavy atom. The zero-order chi connectivity index (χ0) is 17.9. The number of amides is 1. The van der Waals surface area contributed by atoms with Gasteiger partial charge in [-0.3, -0.25) is 9.89 Å². The van der Waals surface area contributed by atoms with Gasteiger partial charge in [0.1, 0.15) is 12.0 Å². The van der Waals surface area contributed by atoms with Gasteiger partial charge in [-0.15, -0.1) is 5.10 Å². The van der Waals surface area contributed by atoms with E-state index in [-0.39, 0.29) is 11.7 Å². The largest absolute Gasteiger partial charge is 0.349 e. The van der Waals surface area contributed by atoms with E-state index in [2.05, 4.69) is 20.5 Å². The summed E-state index contributed by atoms with van der Waals surface area (Å²) < 4.78 is 2.03. The number of fused-ring (bicyclic) bond motifs is 1. The summed E-state index contributed by atoms with van der Waals surface area (Å²) in [6.45, 7) is 0.441. The van der Waals surface area contributed by atoms with Crippen LogP contribution in [0.5, 0.6) is 0 Å². The molecule has 0 fully saturated rings. The molecule has 0 atom stereocenters. The number of rotatable bonds is 5. The Labute approximate surface area is 154 Å². The van der Waals surface area contributed by atoms with Crippen LogP contribution >= 0.6 is 11.6 Å². The lowest BCUT2D eigenvalue weighted by Gasteiger charge is -2.06. The van der Waals surface area contributed by atoms with Gasteiger partial charge in [0.25, 0.3) is 5.91 Å². The van der Waals surface area contributed by atoms with Crippen molar-refractivity contribution in [3.63, 3.8) is 0 Å². The summed E-state index contributed by atoms with van der Waals surface area (Å²) in [5.41, 5.74) is 3.72. The predicted octanol–water partition coefficient (Wildman–Crippen LogP) is 2.75. The third-order valence-corrected chi connectivity index (χ3v) is 4.26. The molecule has 0 saturated carbocycles. The smallest absolute Gasteiger partial charge is 0.290 e. The van der Waals surface area contributed by atoms with Gasteiger partial charge in [0.15, 0.2) is 0 Å². The minimum Gasteiger partial charge on any atom is -0.349 e. The van der Waals surface area contributed by atoms with E-state index in [1.165, 1.54) is 6.33 Å². The zero-order valence-corrected chi connectivity index (χ0v) is 14.4. The number of hydrogen-bond acceptors (Lipinski definition) is 4. The van der Waals surface area contributed by atoms with Crippen molar-refractivity contribution in [3.8, 4) is 11.3 Å². The first-order valence-corrected chi connectivity index (χ1v) is 8.46. The number of aromatic amines is 1. The van der Waals surface area contributed by atoms with E-state index in [9.17, 15) is 4.79 Å². The quantitative estimate of drug-likeness (QED) is 0.568. The van der Waals surface area contributed by atoms with Crippen molar-refractivity contribution in [2.75, 3.05) is 6.54 Å². The van der Waals surface area contributed by atoms with E-state index in [4.69, 9.17) is 16.6 Å². The van der Waals surface area contributed by atoms with Crippen LogP contribution in [0.25, 0.3) is 16.9 Å². The lowest BCUT2D eigenvalue weighted by atomic mass is 10.1. The maximum absolute atomic E-state index is 12.0. The summed E-state index contributed by atoms with van der Waals surface area (Å²) in [4.78, 5) is 20.6. The molecule has 0 aliphatic heterocycles. The molecule has 1 aromatic carbocycles. The van der Waals surface area contributed by atoms with Crippen LogP contribution in [0.15, 0.2) is 55.0 Å². The highest BCUT2D eigenvalue weighted by Crippen LogP contribution is 2.26. The van der Waals surface area contributed by atoms with Gasteiger partial charge in [0.05, 0.1) is 11.4 Å². The molecule has 4 aromatic rings. The molecular formula is C18H15ClN6O. The average Bonchev–Trinajstić information content (AvgIpc) is 3.31. The summed E-state index contributed by atoms with van der Waals surface area (Å²) in [5, 5.41) is 9.81. The number of nitrogens with zero attached hydrogens (tertiary/aromatic N) is 4. The molecular weight excluding hydrogens is 352 g/mol. The van der Waals surface area contributed by atoms with Crippen molar-refractivity contribution in [3.05, 3.63) is 71.5 Å². The van der Waals surface area contributed by atoms with E-state index < -0.39 is 0 Å². The average molecular weight is 367 g/mol. The summed E-state index contributed by atoms with van der Waals surface area (Å²) in [7, 11) is 0. The van der Waals surface area contributed by atoms with E-state index in [0.717, 1.165) is 22.6 Å². The van der Waals surface area contributed by atoms with Crippen LogP contribution in [-0.2, 0) is 6.42 Å². The molecule has 26 heavy (non-hydrogen) atoms. The zero-order valence-electron chi connectivity index (χ0n) is 13.7. The first kappa shape index (κ1) is 16.3. The number of H-pyrrole nitrogens is 1. The molecule has 2 N–H and O–H groups in total. The molecule has 3 heterocycles. The molecule has 0 aliphatic rings. The van der Waals surface area contributed by atoms with Crippen LogP contribution in [0.2, 0.25) is 5.02 Å². The number of imidazole rings is 1. The van der Waals surface area contributed by atoms with Gasteiger partial charge in [0, 0.05) is 29.7 Å². The summed E-state index contributed by atoms with van der Waals surface area (Å²) in [6.07, 6.45) is 3.95. The van der Waals surface area contributed by atoms with Crippen molar-refractivity contribution in [1.82, 2.24) is 29.9 Å². The molecule has 3 aromatic heterocycles. The van der Waals surface area contributed by atoms with Crippen molar-refractivity contribution in [2.45, 2.75) is 6.42 Å². The maximum Gasteiger partial charge on any atom is 0.290 e. The second-order valence-electron chi connectivity index (χ2n) is 5.67. The fourth-order valence-electron chi connectivity index (χ4n) is 2.82. The lowest BCUT2D eigenvalue weighted by Crippen LogP contribution is -2.27. The summed E-state index contributed by atoms with van der Waals surface area (Å²) >= 11 is 6.00. The van der Waals surface area contributed by atoms with Crippen molar-refractivity contribution in [1.29, 1.82) is 0 Å². The van der Waals surface area contributed by atoms with Crippen molar-refractivity contribution >= 4 is 23.2 Å². The molecule has 130 valence electrons. The molecule has 7 nitrogen and oxygen atoms in total. The van der Waals surface area contributed by atoms with Crippen LogP contribution in [0, 0.1) is 0 Å². The van der Waals surface area contributed by atoms with Crippen LogP contribution in [0.3, 0.4) is 0 Å². The molecule has 8 heteroatoms. The first-order chi connectivity index (χ1) is 12.7. The second-order valence-corrected chi connectivity index (χ2v) is 6.11. The first-order valence-electron chi connectivity index (χ1n) is 8.08. The summed E-state index contributed by atoms with van der Waals surface area (Å²) in [5.74, 6) is -0.186. The Morgan fingerprint density at radius 2 is 2.04 bits per heavy atom. The van der Waals surface area contributed by atoms with Gasteiger partial charge < -0.3 is 9.72 Å². The number of benzene rings is 1. The normalized spacial score (nSPS) is 11.0. The minimum atomic E-state index is -0.312. The molecule has 4 rings (SSSR count). The molecule has 0 aliphatic carbocycles. The highest BCUT2D eigenvalue weighted by Gasteiger charge is 2.15. The van der Waals surface area contributed by atoms with Gasteiger partial charge in [-0.1, -0.05) is 29.8 Å². The van der Waals surface area contributed by atoms with Crippen LogP contribution < -0.4 is 5.32 Å². The van der Waals surface area contributed by atoms with Crippen molar-refractivity contribution < 1.29 is 4.79 Å². The number of pyridine rings is 1. The molecule has 1 amide bonds. The number of halogens is 1. The number of aromatic nitrogens is 5. The second kappa shape index (κ2) is 6.97. The number of carbonyl (C=O) groups is 1. The fraction of sp³-hybridized carbons (Fsp3) is 0.111.